The van der Waals surface area contributed by atoms with E-state index in [1.165, 1.54) is 12.1 Å². The van der Waals surface area contributed by atoms with Crippen molar-refractivity contribution in [2.45, 2.75) is 27.0 Å². The van der Waals surface area contributed by atoms with E-state index in [4.69, 9.17) is 4.74 Å². The van der Waals surface area contributed by atoms with Gasteiger partial charge in [0.2, 0.25) is 0 Å². The molecule has 0 bridgehead atoms. The minimum Gasteiger partial charge on any atom is -0.494 e. The van der Waals surface area contributed by atoms with Gasteiger partial charge in [-0.25, -0.2) is 4.39 Å². The molecule has 2 aromatic rings. The van der Waals surface area contributed by atoms with Crippen molar-refractivity contribution < 1.29 is 14.2 Å². The van der Waals surface area contributed by atoms with Crippen LogP contribution in [0.1, 0.15) is 25.0 Å². The number of benzene rings is 2. The summed E-state index contributed by atoms with van der Waals surface area (Å²) < 4.78 is 19.1. The van der Waals surface area contributed by atoms with Gasteiger partial charge in [-0.1, -0.05) is 12.1 Å². The fourth-order valence-corrected chi connectivity index (χ4v) is 3.06. The number of halogens is 1. The van der Waals surface area contributed by atoms with Gasteiger partial charge < -0.3 is 14.7 Å². The Morgan fingerprint density at radius 2 is 1.96 bits per heavy atom. The topological polar surface area (TPSA) is 32.7 Å². The number of anilines is 1. The predicted molar refractivity (Wildman–Crippen MR) is 99.0 cm³/mol. The molecule has 130 valence electrons. The lowest BCUT2D eigenvalue weighted by molar-refractivity contribution is 0.226. The molecule has 2 aromatic carbocycles. The van der Waals surface area contributed by atoms with E-state index < -0.39 is 6.23 Å². The Balaban J connectivity index is 2.01. The summed E-state index contributed by atoms with van der Waals surface area (Å²) >= 11 is 0. The molecule has 25 heavy (non-hydrogen) atoms. The van der Waals surface area contributed by atoms with E-state index in [1.807, 2.05) is 51.2 Å². The van der Waals surface area contributed by atoms with Gasteiger partial charge in [0.1, 0.15) is 11.6 Å². The zero-order chi connectivity index (χ0) is 18.0. The van der Waals surface area contributed by atoms with Crippen molar-refractivity contribution in [2.24, 2.45) is 0 Å². The SMILES string of the molecule is CCOc1ccc(N2C=C(c3cccc(F)c3)C(C)=CC2O)c(C)c1. The molecule has 0 spiro atoms. The fourth-order valence-electron chi connectivity index (χ4n) is 3.06. The van der Waals surface area contributed by atoms with E-state index in [2.05, 4.69) is 0 Å². The maximum atomic E-state index is 13.6. The second-order valence-corrected chi connectivity index (χ2v) is 6.10. The highest BCUT2D eigenvalue weighted by Crippen LogP contribution is 2.34. The Morgan fingerprint density at radius 1 is 1.16 bits per heavy atom. The zero-order valence-electron chi connectivity index (χ0n) is 14.7. The molecule has 1 heterocycles. The Hall–Kier alpha value is -2.59. The molecule has 3 nitrogen and oxygen atoms in total. The highest BCUT2D eigenvalue weighted by molar-refractivity contribution is 5.82. The lowest BCUT2D eigenvalue weighted by atomic mass is 9.96. The highest BCUT2D eigenvalue weighted by Gasteiger charge is 2.22. The van der Waals surface area contributed by atoms with E-state index in [0.29, 0.717) is 6.61 Å². The minimum absolute atomic E-state index is 0.277. The number of nitrogens with zero attached hydrogens (tertiary/aromatic N) is 1. The molecular formula is C21H22FNO2. The van der Waals surface area contributed by atoms with E-state index in [0.717, 1.165) is 33.7 Å². The number of allylic oxidation sites excluding steroid dienone is 2. The first-order valence-electron chi connectivity index (χ1n) is 8.36. The molecule has 1 unspecified atom stereocenters. The molecule has 1 aliphatic rings. The molecule has 0 saturated carbocycles. The highest BCUT2D eigenvalue weighted by atomic mass is 19.1. The molecule has 0 saturated heterocycles. The average Bonchev–Trinajstić information content (AvgIpc) is 2.56. The Labute approximate surface area is 147 Å². The smallest absolute Gasteiger partial charge is 0.150 e. The van der Waals surface area contributed by atoms with E-state index in [9.17, 15) is 9.50 Å². The normalized spacial score (nSPS) is 17.2. The molecular weight excluding hydrogens is 317 g/mol. The number of ether oxygens (including phenoxy) is 1. The molecule has 4 heteroatoms. The standard InChI is InChI=1S/C21H22FNO2/c1-4-25-18-8-9-20(15(3)10-18)23-13-19(14(2)11-21(23)24)16-6-5-7-17(22)12-16/h5-13,21,24H,4H2,1-3H3. The van der Waals surface area contributed by atoms with Crippen LogP contribution in [0.4, 0.5) is 10.1 Å². The maximum absolute atomic E-state index is 13.6. The summed E-state index contributed by atoms with van der Waals surface area (Å²) in [6, 6.07) is 12.3. The van der Waals surface area contributed by atoms with E-state index in [-0.39, 0.29) is 5.82 Å². The van der Waals surface area contributed by atoms with Crippen molar-refractivity contribution in [3.05, 3.63) is 77.3 Å². The largest absolute Gasteiger partial charge is 0.494 e. The summed E-state index contributed by atoms with van der Waals surface area (Å²) in [4.78, 5) is 1.79. The van der Waals surface area contributed by atoms with Crippen LogP contribution in [0.25, 0.3) is 5.57 Å². The molecule has 0 fully saturated rings. The van der Waals surface area contributed by atoms with Crippen LogP contribution in [0.3, 0.4) is 0 Å². The maximum Gasteiger partial charge on any atom is 0.150 e. The molecule has 0 amide bonds. The van der Waals surface area contributed by atoms with Crippen molar-refractivity contribution in [1.82, 2.24) is 0 Å². The second-order valence-electron chi connectivity index (χ2n) is 6.10. The Bertz CT molecular complexity index is 842. The summed E-state index contributed by atoms with van der Waals surface area (Å²) in [7, 11) is 0. The number of aliphatic hydroxyl groups is 1. The summed E-state index contributed by atoms with van der Waals surface area (Å²) in [6.07, 6.45) is 2.88. The number of aryl methyl sites for hydroxylation is 1. The van der Waals surface area contributed by atoms with E-state index >= 15 is 0 Å². The first-order valence-corrected chi connectivity index (χ1v) is 8.36. The quantitative estimate of drug-likeness (QED) is 0.879. The second kappa shape index (κ2) is 7.11. The first kappa shape index (κ1) is 17.2. The van der Waals surface area contributed by atoms with Crippen LogP contribution in [-0.2, 0) is 0 Å². The van der Waals surface area contributed by atoms with Crippen LogP contribution in [0.5, 0.6) is 5.75 Å². The van der Waals surface area contributed by atoms with Gasteiger partial charge in [0.25, 0.3) is 0 Å². The van der Waals surface area contributed by atoms with Crippen molar-refractivity contribution in [1.29, 1.82) is 0 Å². The average molecular weight is 339 g/mol. The van der Waals surface area contributed by atoms with Crippen LogP contribution in [0, 0.1) is 12.7 Å². The van der Waals surface area contributed by atoms with Gasteiger partial charge in [-0.2, -0.15) is 0 Å². The van der Waals surface area contributed by atoms with Crippen LogP contribution in [0.2, 0.25) is 0 Å². The monoisotopic (exact) mass is 339 g/mol. The van der Waals surface area contributed by atoms with Crippen molar-refractivity contribution in [3.63, 3.8) is 0 Å². The fraction of sp³-hybridized carbons (Fsp3) is 0.238. The Morgan fingerprint density at radius 3 is 2.64 bits per heavy atom. The molecule has 0 aromatic heterocycles. The van der Waals surface area contributed by atoms with Crippen molar-refractivity contribution in [2.75, 3.05) is 11.5 Å². The number of hydrogen-bond acceptors (Lipinski definition) is 3. The van der Waals surface area contributed by atoms with E-state index in [1.54, 1.807) is 17.0 Å². The van der Waals surface area contributed by atoms with Gasteiger partial charge in [0.15, 0.2) is 6.23 Å². The van der Waals surface area contributed by atoms with Crippen LogP contribution in [0.15, 0.2) is 60.3 Å². The van der Waals surface area contributed by atoms with Gasteiger partial charge in [-0.05, 0) is 73.9 Å². The van der Waals surface area contributed by atoms with Gasteiger partial charge >= 0.3 is 0 Å². The van der Waals surface area contributed by atoms with Crippen LogP contribution < -0.4 is 9.64 Å². The van der Waals surface area contributed by atoms with Crippen molar-refractivity contribution >= 4 is 11.3 Å². The zero-order valence-corrected chi connectivity index (χ0v) is 14.7. The summed E-state index contributed by atoms with van der Waals surface area (Å²) in [5.74, 6) is 0.525. The number of rotatable bonds is 4. The predicted octanol–water partition coefficient (Wildman–Crippen LogP) is 4.66. The minimum atomic E-state index is -0.769. The summed E-state index contributed by atoms with van der Waals surface area (Å²) in [5.41, 5.74) is 4.46. The van der Waals surface area contributed by atoms with Gasteiger partial charge in [-0.15, -0.1) is 0 Å². The Kier molecular flexibility index (Phi) is 4.91. The van der Waals surface area contributed by atoms with Gasteiger partial charge in [0.05, 0.1) is 6.61 Å². The number of aliphatic hydroxyl groups excluding tert-OH is 1. The molecule has 3 rings (SSSR count). The molecule has 1 atom stereocenters. The summed E-state index contributed by atoms with van der Waals surface area (Å²) in [5, 5.41) is 10.5. The molecule has 1 aliphatic heterocycles. The lowest BCUT2D eigenvalue weighted by Crippen LogP contribution is -2.32. The molecule has 1 N–H and O–H groups in total. The number of hydrogen-bond donors (Lipinski definition) is 1. The van der Waals surface area contributed by atoms with Crippen molar-refractivity contribution in [3.8, 4) is 5.75 Å². The third-order valence-electron chi connectivity index (χ3n) is 4.27. The third-order valence-corrected chi connectivity index (χ3v) is 4.27. The molecule has 0 aliphatic carbocycles. The molecule has 0 radical (unpaired) electrons. The van der Waals surface area contributed by atoms with Crippen LogP contribution in [-0.4, -0.2) is 17.9 Å². The third kappa shape index (κ3) is 3.59. The van der Waals surface area contributed by atoms with Gasteiger partial charge in [0, 0.05) is 17.5 Å². The van der Waals surface area contributed by atoms with Crippen LogP contribution >= 0.6 is 0 Å². The summed E-state index contributed by atoms with van der Waals surface area (Å²) in [6.45, 7) is 6.45. The van der Waals surface area contributed by atoms with Gasteiger partial charge in [-0.3, -0.25) is 0 Å². The lowest BCUT2D eigenvalue weighted by Gasteiger charge is -2.31. The first-order chi connectivity index (χ1) is 12.0.